The van der Waals surface area contributed by atoms with E-state index >= 15 is 0 Å². The van der Waals surface area contributed by atoms with E-state index in [1.807, 2.05) is 6.92 Å². The van der Waals surface area contributed by atoms with Crippen molar-refractivity contribution < 1.29 is 19.1 Å². The Morgan fingerprint density at radius 1 is 1.15 bits per heavy atom. The Morgan fingerprint density at radius 3 is 2.37 bits per heavy atom. The summed E-state index contributed by atoms with van der Waals surface area (Å²) in [6, 6.07) is -0.494. The molecule has 4 bridgehead atoms. The lowest BCUT2D eigenvalue weighted by Crippen LogP contribution is -2.62. The van der Waals surface area contributed by atoms with E-state index in [-0.39, 0.29) is 5.54 Å². The first-order chi connectivity index (χ1) is 13.0. The van der Waals surface area contributed by atoms with Crippen LogP contribution in [0.5, 0.6) is 0 Å². The van der Waals surface area contributed by atoms with Crippen molar-refractivity contribution in [3.8, 4) is 0 Å². The summed E-state index contributed by atoms with van der Waals surface area (Å²) in [5.41, 5.74) is 0.380. The van der Waals surface area contributed by atoms with E-state index in [9.17, 15) is 14.4 Å². The van der Waals surface area contributed by atoms with Gasteiger partial charge in [0.15, 0.2) is 11.5 Å². The molecule has 1 heterocycles. The molecule has 0 atom stereocenters. The highest BCUT2D eigenvalue weighted by atomic mass is 32.1. The predicted molar refractivity (Wildman–Crippen MR) is 97.1 cm³/mol. The minimum atomic E-state index is -0.640. The Balaban J connectivity index is 1.26. The Morgan fingerprint density at radius 2 is 1.78 bits per heavy atom. The molecule has 27 heavy (non-hydrogen) atoms. The monoisotopic (exact) mass is 392 g/mol. The normalized spacial score (nSPS) is 30.8. The van der Waals surface area contributed by atoms with Crippen LogP contribution in [-0.2, 0) is 16.0 Å². The zero-order valence-electron chi connectivity index (χ0n) is 15.3. The smallest absolute Gasteiger partial charge is 0.352 e. The average Bonchev–Trinajstić information content (AvgIpc) is 3.06. The van der Waals surface area contributed by atoms with Crippen LogP contribution in [-0.4, -0.2) is 39.6 Å². The first-order valence-electron chi connectivity index (χ1n) is 9.56. The van der Waals surface area contributed by atoms with E-state index in [2.05, 4.69) is 20.2 Å². The fraction of sp³-hybridized carbons (Fsp3) is 0.722. The number of carbonyl (C=O) groups is 3. The van der Waals surface area contributed by atoms with E-state index in [1.165, 1.54) is 19.3 Å². The second kappa shape index (κ2) is 7.18. The van der Waals surface area contributed by atoms with E-state index in [4.69, 9.17) is 4.74 Å². The maximum atomic E-state index is 12.3. The van der Waals surface area contributed by atoms with Gasteiger partial charge >= 0.3 is 12.0 Å². The molecular formula is C18H24N4O4S. The molecule has 2 N–H and O–H groups in total. The van der Waals surface area contributed by atoms with Gasteiger partial charge in [-0.25, -0.2) is 9.59 Å². The van der Waals surface area contributed by atoms with Crippen LogP contribution in [0.3, 0.4) is 0 Å². The molecule has 9 heteroatoms. The summed E-state index contributed by atoms with van der Waals surface area (Å²) in [6.07, 6.45) is 7.42. The molecule has 4 saturated carbocycles. The molecule has 1 aromatic heterocycles. The molecule has 1 aromatic rings. The summed E-state index contributed by atoms with van der Waals surface area (Å²) in [5.74, 6) is 0.830. The fourth-order valence-corrected chi connectivity index (χ4v) is 6.14. The molecule has 4 aliphatic rings. The standard InChI is InChI=1S/C18H24N4O4S/c1-2-13-15(27-22-21-13)16(24)26-9-14(23)19-17(25)20-18-6-10-3-11(7-18)5-12(4-10)8-18/h10-12H,2-9H2,1H3,(H2,19,20,23,25). The topological polar surface area (TPSA) is 110 Å². The number of aryl methyl sites for hydroxylation is 1. The molecule has 0 saturated heterocycles. The molecule has 0 aliphatic heterocycles. The summed E-state index contributed by atoms with van der Waals surface area (Å²) < 4.78 is 8.70. The number of esters is 1. The molecule has 0 spiro atoms. The number of carbonyl (C=O) groups excluding carboxylic acids is 3. The number of ether oxygens (including phenoxy) is 1. The third-order valence-electron chi connectivity index (χ3n) is 6.08. The Bertz CT molecular complexity index is 727. The highest BCUT2D eigenvalue weighted by Gasteiger charge is 2.51. The molecule has 5 rings (SSSR count). The lowest BCUT2D eigenvalue weighted by atomic mass is 9.53. The third-order valence-corrected chi connectivity index (χ3v) is 6.83. The Hall–Kier alpha value is -2.03. The van der Waals surface area contributed by atoms with Crippen molar-refractivity contribution in [1.82, 2.24) is 20.2 Å². The van der Waals surface area contributed by atoms with Crippen molar-refractivity contribution in [2.75, 3.05) is 6.61 Å². The molecular weight excluding hydrogens is 368 g/mol. The first-order valence-corrected chi connectivity index (χ1v) is 10.3. The second-order valence-corrected chi connectivity index (χ2v) is 8.93. The van der Waals surface area contributed by atoms with Gasteiger partial charge in [0.05, 0.1) is 5.69 Å². The van der Waals surface area contributed by atoms with Gasteiger partial charge in [0.25, 0.3) is 5.91 Å². The minimum Gasteiger partial charge on any atom is -0.451 e. The van der Waals surface area contributed by atoms with Crippen molar-refractivity contribution in [1.29, 1.82) is 0 Å². The van der Waals surface area contributed by atoms with E-state index in [0.29, 0.717) is 34.7 Å². The van der Waals surface area contributed by atoms with Gasteiger partial charge in [-0.05, 0) is 74.2 Å². The second-order valence-electron chi connectivity index (χ2n) is 8.18. The summed E-state index contributed by atoms with van der Waals surface area (Å²) in [7, 11) is 0. The zero-order valence-corrected chi connectivity index (χ0v) is 16.1. The molecule has 0 radical (unpaired) electrons. The Kier molecular flexibility index (Phi) is 4.88. The molecule has 0 aromatic carbocycles. The number of urea groups is 1. The van der Waals surface area contributed by atoms with Crippen LogP contribution < -0.4 is 10.6 Å². The van der Waals surface area contributed by atoms with Crippen molar-refractivity contribution in [2.24, 2.45) is 17.8 Å². The quantitative estimate of drug-likeness (QED) is 0.742. The van der Waals surface area contributed by atoms with E-state index in [1.54, 1.807) is 0 Å². The van der Waals surface area contributed by atoms with Gasteiger partial charge in [-0.15, -0.1) is 5.10 Å². The van der Waals surface area contributed by atoms with Crippen molar-refractivity contribution in [2.45, 2.75) is 57.4 Å². The van der Waals surface area contributed by atoms with Crippen molar-refractivity contribution in [3.63, 3.8) is 0 Å². The lowest BCUT2D eigenvalue weighted by molar-refractivity contribution is -0.123. The number of amides is 3. The highest BCUT2D eigenvalue weighted by molar-refractivity contribution is 7.07. The maximum Gasteiger partial charge on any atom is 0.352 e. The first kappa shape index (κ1) is 18.3. The third kappa shape index (κ3) is 3.83. The number of hydrogen-bond acceptors (Lipinski definition) is 7. The molecule has 3 amide bonds. The van der Waals surface area contributed by atoms with E-state index < -0.39 is 24.5 Å². The molecule has 146 valence electrons. The van der Waals surface area contributed by atoms with Gasteiger partial charge in [0.2, 0.25) is 0 Å². The number of aromatic nitrogens is 2. The number of nitrogens with one attached hydrogen (secondary N) is 2. The van der Waals surface area contributed by atoms with Gasteiger partial charge in [-0.2, -0.15) is 0 Å². The number of nitrogens with zero attached hydrogens (tertiary/aromatic N) is 2. The molecule has 8 nitrogen and oxygen atoms in total. The fourth-order valence-electron chi connectivity index (χ4n) is 5.49. The van der Waals surface area contributed by atoms with Crippen molar-refractivity contribution in [3.05, 3.63) is 10.6 Å². The van der Waals surface area contributed by atoms with Crippen molar-refractivity contribution >= 4 is 29.4 Å². The van der Waals surface area contributed by atoms with Gasteiger partial charge in [0, 0.05) is 5.54 Å². The molecule has 4 aliphatic carbocycles. The van der Waals surface area contributed by atoms with Gasteiger partial charge in [0.1, 0.15) is 0 Å². The van der Waals surface area contributed by atoms with Gasteiger partial charge in [-0.3, -0.25) is 10.1 Å². The largest absolute Gasteiger partial charge is 0.451 e. The van der Waals surface area contributed by atoms with Crippen LogP contribution in [0.4, 0.5) is 4.79 Å². The van der Waals surface area contributed by atoms with E-state index in [0.717, 1.165) is 30.8 Å². The minimum absolute atomic E-state index is 0.167. The molecule has 0 unspecified atom stereocenters. The lowest BCUT2D eigenvalue weighted by Gasteiger charge is -2.56. The predicted octanol–water partition coefficient (Wildman–Crippen LogP) is 2.05. The highest BCUT2D eigenvalue weighted by Crippen LogP contribution is 2.55. The van der Waals surface area contributed by atoms with Crippen LogP contribution in [0.25, 0.3) is 0 Å². The zero-order chi connectivity index (χ0) is 19.0. The average molecular weight is 392 g/mol. The Labute approximate surface area is 161 Å². The van der Waals surface area contributed by atoms with Crippen LogP contribution in [0.1, 0.15) is 60.8 Å². The number of hydrogen-bond donors (Lipinski definition) is 2. The summed E-state index contributed by atoms with van der Waals surface area (Å²) in [4.78, 5) is 36.6. The summed E-state index contributed by atoms with van der Waals surface area (Å²) >= 11 is 0.938. The van der Waals surface area contributed by atoms with Gasteiger partial charge in [-0.1, -0.05) is 11.4 Å². The maximum absolute atomic E-state index is 12.3. The molecule has 4 fully saturated rings. The van der Waals surface area contributed by atoms with Crippen LogP contribution >= 0.6 is 11.5 Å². The summed E-state index contributed by atoms with van der Waals surface area (Å²) in [6.45, 7) is 1.35. The summed E-state index contributed by atoms with van der Waals surface area (Å²) in [5, 5.41) is 9.19. The van der Waals surface area contributed by atoms with Crippen LogP contribution in [0.15, 0.2) is 0 Å². The van der Waals surface area contributed by atoms with Crippen LogP contribution in [0.2, 0.25) is 0 Å². The number of rotatable bonds is 5. The van der Waals surface area contributed by atoms with Crippen LogP contribution in [0, 0.1) is 17.8 Å². The SMILES string of the molecule is CCc1nnsc1C(=O)OCC(=O)NC(=O)NC12CC3CC(CC(C3)C1)C2. The number of imide groups is 1. The van der Waals surface area contributed by atoms with Gasteiger partial charge < -0.3 is 10.1 Å².